The Morgan fingerprint density at radius 1 is 0.711 bits per heavy atom. The summed E-state index contributed by atoms with van der Waals surface area (Å²) in [4.78, 5) is 2.19. The van der Waals surface area contributed by atoms with Crippen LogP contribution < -0.4 is 9.64 Å². The largest absolute Gasteiger partial charge is 0.507 e. The number of phenols is 1. The molecular formula is C34H29NO3. The number of nitrogens with zero attached hydrogens (tertiary/aromatic N) is 1. The van der Waals surface area contributed by atoms with Crippen LogP contribution in [-0.2, 0) is 18.8 Å². The van der Waals surface area contributed by atoms with Gasteiger partial charge in [0.05, 0.1) is 6.54 Å². The van der Waals surface area contributed by atoms with E-state index in [-0.39, 0.29) is 5.75 Å². The molecule has 188 valence electrons. The van der Waals surface area contributed by atoms with Crippen LogP contribution in [0.4, 0.5) is 5.69 Å². The van der Waals surface area contributed by atoms with Crippen molar-refractivity contribution in [3.8, 4) is 22.6 Å². The minimum absolute atomic E-state index is 0.0133. The van der Waals surface area contributed by atoms with Crippen LogP contribution in [0.15, 0.2) is 127 Å². The Hall–Kier alpha value is -4.54. The van der Waals surface area contributed by atoms with Gasteiger partial charge >= 0.3 is 0 Å². The number of benzene rings is 5. The van der Waals surface area contributed by atoms with Crippen LogP contribution in [0.1, 0.15) is 22.3 Å². The molecule has 0 bridgehead atoms. The second-order valence-corrected chi connectivity index (χ2v) is 9.71. The van der Waals surface area contributed by atoms with Crippen molar-refractivity contribution in [2.24, 2.45) is 0 Å². The molecule has 1 aliphatic heterocycles. The molecule has 1 heterocycles. The zero-order valence-electron chi connectivity index (χ0n) is 21.0. The van der Waals surface area contributed by atoms with E-state index in [1.807, 2.05) is 78.9 Å². The van der Waals surface area contributed by atoms with Crippen molar-refractivity contribution in [1.82, 2.24) is 0 Å². The predicted octanol–water partition coefficient (Wildman–Crippen LogP) is 6.89. The van der Waals surface area contributed by atoms with Gasteiger partial charge in [-0.3, -0.25) is 0 Å². The molecule has 6 rings (SSSR count). The number of hydrogen-bond donors (Lipinski definition) is 2. The maximum Gasteiger partial charge on any atom is 0.138 e. The summed E-state index contributed by atoms with van der Waals surface area (Å²) in [5.74, 6) is 0.568. The summed E-state index contributed by atoms with van der Waals surface area (Å²) in [6, 6.07) is 41.7. The number of aromatic hydroxyl groups is 1. The Morgan fingerprint density at radius 3 is 2.18 bits per heavy atom. The molecule has 0 amide bonds. The number of ether oxygens (including phenoxy) is 1. The van der Waals surface area contributed by atoms with Gasteiger partial charge in [0, 0.05) is 29.4 Å². The molecule has 0 aromatic heterocycles. The van der Waals surface area contributed by atoms with E-state index in [1.165, 1.54) is 11.1 Å². The first-order chi connectivity index (χ1) is 18.6. The van der Waals surface area contributed by atoms with E-state index in [0.29, 0.717) is 31.0 Å². The van der Waals surface area contributed by atoms with Crippen LogP contribution in [0.3, 0.4) is 0 Å². The molecule has 1 atom stereocenters. The second-order valence-electron chi connectivity index (χ2n) is 9.71. The number of fused-ring (bicyclic) bond motifs is 1. The minimum Gasteiger partial charge on any atom is -0.507 e. The van der Waals surface area contributed by atoms with Crippen LogP contribution in [0.25, 0.3) is 11.1 Å². The van der Waals surface area contributed by atoms with Crippen LogP contribution in [0, 0.1) is 0 Å². The third-order valence-corrected chi connectivity index (χ3v) is 7.24. The van der Waals surface area contributed by atoms with E-state index in [0.717, 1.165) is 22.4 Å². The highest BCUT2D eigenvalue weighted by Gasteiger charge is 2.44. The van der Waals surface area contributed by atoms with E-state index in [4.69, 9.17) is 4.74 Å². The number of phenolic OH excluding ortho intramolecular Hbond substituents is 1. The first-order valence-corrected chi connectivity index (χ1v) is 12.8. The quantitative estimate of drug-likeness (QED) is 0.256. The third-order valence-electron chi connectivity index (χ3n) is 7.24. The summed E-state index contributed by atoms with van der Waals surface area (Å²) in [5, 5.41) is 23.1. The van der Waals surface area contributed by atoms with E-state index in [9.17, 15) is 10.2 Å². The van der Waals surface area contributed by atoms with Gasteiger partial charge in [-0.1, -0.05) is 103 Å². The van der Waals surface area contributed by atoms with Crippen molar-refractivity contribution in [1.29, 1.82) is 0 Å². The van der Waals surface area contributed by atoms with Gasteiger partial charge in [-0.25, -0.2) is 0 Å². The Bertz CT molecular complexity index is 1550. The van der Waals surface area contributed by atoms with Gasteiger partial charge in [0.2, 0.25) is 0 Å². The van der Waals surface area contributed by atoms with E-state index < -0.39 is 5.60 Å². The first-order valence-electron chi connectivity index (χ1n) is 12.8. The van der Waals surface area contributed by atoms with Crippen molar-refractivity contribution in [2.45, 2.75) is 18.8 Å². The highest BCUT2D eigenvalue weighted by molar-refractivity contribution is 5.70. The molecule has 0 spiro atoms. The number of anilines is 1. The lowest BCUT2D eigenvalue weighted by atomic mass is 9.87. The fourth-order valence-corrected chi connectivity index (χ4v) is 5.37. The molecule has 0 fully saturated rings. The SMILES string of the molecule is Oc1cc(OCc2ccccc2)ccc1C1(O)CN(Cc2ccccc2-c2ccccc2)c2ccccc21. The molecule has 0 saturated carbocycles. The van der Waals surface area contributed by atoms with Crippen LogP contribution >= 0.6 is 0 Å². The third kappa shape index (κ3) is 4.51. The fraction of sp³-hybridized carbons (Fsp3) is 0.118. The number of rotatable bonds is 7. The molecule has 5 aromatic rings. The Kier molecular flexibility index (Phi) is 6.32. The molecule has 5 aromatic carbocycles. The van der Waals surface area contributed by atoms with Crippen molar-refractivity contribution < 1.29 is 14.9 Å². The maximum atomic E-state index is 12.1. The molecule has 2 N–H and O–H groups in total. The van der Waals surface area contributed by atoms with Crippen molar-refractivity contribution in [2.75, 3.05) is 11.4 Å². The molecule has 0 aliphatic carbocycles. The number of aliphatic hydroxyl groups is 1. The van der Waals surface area contributed by atoms with Crippen LogP contribution in [-0.4, -0.2) is 16.8 Å². The standard InChI is InChI=1S/C34H29NO3/c36-33-21-28(38-23-25-11-3-1-4-12-25)19-20-31(33)34(37)24-35(32-18-10-9-17-30(32)34)22-27-15-7-8-16-29(27)26-13-5-2-6-14-26/h1-21,36-37H,22-24H2. The molecule has 1 unspecified atom stereocenters. The predicted molar refractivity (Wildman–Crippen MR) is 151 cm³/mol. The summed E-state index contributed by atoms with van der Waals surface area (Å²) in [7, 11) is 0. The Morgan fingerprint density at radius 2 is 1.39 bits per heavy atom. The Balaban J connectivity index is 1.29. The summed E-state index contributed by atoms with van der Waals surface area (Å²) in [5.41, 5.74) is 5.40. The maximum absolute atomic E-state index is 12.1. The van der Waals surface area contributed by atoms with Gasteiger partial charge in [0.15, 0.2) is 0 Å². The number of β-amino-alcohol motifs (C(OH)–C–C–N with tert-alkyl or cyclic N) is 1. The molecule has 1 aliphatic rings. The summed E-state index contributed by atoms with van der Waals surface area (Å²) in [6.07, 6.45) is 0. The smallest absolute Gasteiger partial charge is 0.138 e. The monoisotopic (exact) mass is 499 g/mol. The summed E-state index contributed by atoms with van der Waals surface area (Å²) >= 11 is 0. The lowest BCUT2D eigenvalue weighted by Gasteiger charge is -2.27. The normalized spacial score (nSPS) is 16.3. The van der Waals surface area contributed by atoms with Gasteiger partial charge in [0.1, 0.15) is 23.7 Å². The minimum atomic E-state index is -1.36. The molecule has 4 nitrogen and oxygen atoms in total. The molecule has 4 heteroatoms. The Labute approximate surface area is 223 Å². The van der Waals surface area contributed by atoms with Gasteiger partial charge in [-0.2, -0.15) is 0 Å². The number of para-hydroxylation sites is 1. The first kappa shape index (κ1) is 23.8. The van der Waals surface area contributed by atoms with E-state index in [1.54, 1.807) is 12.1 Å². The zero-order chi connectivity index (χ0) is 26.0. The molecule has 0 radical (unpaired) electrons. The zero-order valence-corrected chi connectivity index (χ0v) is 21.0. The lowest BCUT2D eigenvalue weighted by Crippen LogP contribution is -2.34. The summed E-state index contributed by atoms with van der Waals surface area (Å²) < 4.78 is 5.90. The van der Waals surface area contributed by atoms with Gasteiger partial charge in [0.25, 0.3) is 0 Å². The highest BCUT2D eigenvalue weighted by atomic mass is 16.5. The highest BCUT2D eigenvalue weighted by Crippen LogP contribution is 2.47. The van der Waals surface area contributed by atoms with E-state index >= 15 is 0 Å². The average molecular weight is 500 g/mol. The van der Waals surface area contributed by atoms with E-state index in [2.05, 4.69) is 41.3 Å². The summed E-state index contributed by atoms with van der Waals surface area (Å²) in [6.45, 7) is 1.36. The van der Waals surface area contributed by atoms with Gasteiger partial charge in [-0.05, 0) is 40.5 Å². The molecular weight excluding hydrogens is 470 g/mol. The van der Waals surface area contributed by atoms with Gasteiger partial charge < -0.3 is 19.8 Å². The van der Waals surface area contributed by atoms with Crippen LogP contribution in [0.5, 0.6) is 11.5 Å². The van der Waals surface area contributed by atoms with Gasteiger partial charge in [-0.15, -0.1) is 0 Å². The molecule has 38 heavy (non-hydrogen) atoms. The second kappa shape index (κ2) is 10.1. The van der Waals surface area contributed by atoms with Crippen molar-refractivity contribution in [3.63, 3.8) is 0 Å². The van der Waals surface area contributed by atoms with Crippen LogP contribution in [0.2, 0.25) is 0 Å². The lowest BCUT2D eigenvalue weighted by molar-refractivity contribution is 0.0947. The fourth-order valence-electron chi connectivity index (χ4n) is 5.37. The number of hydrogen-bond acceptors (Lipinski definition) is 4. The van der Waals surface area contributed by atoms with Crippen molar-refractivity contribution in [3.05, 3.63) is 150 Å². The topological polar surface area (TPSA) is 52.9 Å². The average Bonchev–Trinajstić information content (AvgIpc) is 3.25. The molecule has 0 saturated heterocycles. The van der Waals surface area contributed by atoms with Crippen molar-refractivity contribution >= 4 is 5.69 Å².